The van der Waals surface area contributed by atoms with Crippen molar-refractivity contribution < 1.29 is 4.79 Å². The molecule has 3 rings (SSSR count). The van der Waals surface area contributed by atoms with E-state index < -0.39 is 17.3 Å². The van der Waals surface area contributed by atoms with Gasteiger partial charge in [-0.3, -0.25) is 9.59 Å². The molecule has 1 aromatic carbocycles. The van der Waals surface area contributed by atoms with Crippen molar-refractivity contribution in [1.29, 1.82) is 5.26 Å². The van der Waals surface area contributed by atoms with Crippen molar-refractivity contribution in [1.82, 2.24) is 19.9 Å². The normalized spacial score (nSPS) is 11.9. The Hall–Kier alpha value is -2.03. The van der Waals surface area contributed by atoms with Gasteiger partial charge in [-0.2, -0.15) is 5.26 Å². The first-order valence-electron chi connectivity index (χ1n) is 7.14. The summed E-state index contributed by atoms with van der Waals surface area (Å²) in [6, 6.07) is 7.01. The average molecular weight is 498 g/mol. The number of carbonyl (C=O) groups is 1. The summed E-state index contributed by atoms with van der Waals surface area (Å²) in [5.74, 6) is -2.03. The highest BCUT2D eigenvalue weighted by Gasteiger charge is 2.28. The number of thioether (sulfide) groups is 1. The lowest BCUT2D eigenvalue weighted by Gasteiger charge is -2.10. The van der Waals surface area contributed by atoms with Crippen LogP contribution >= 0.6 is 46.0 Å². The second-order valence-corrected chi connectivity index (χ2v) is 7.52. The molecule has 0 radical (unpaired) electrons. The maximum Gasteiger partial charge on any atom is 0.258 e. The van der Waals surface area contributed by atoms with Crippen LogP contribution in [0.1, 0.15) is 22.2 Å². The van der Waals surface area contributed by atoms with E-state index in [2.05, 4.69) is 42.5 Å². The summed E-state index contributed by atoms with van der Waals surface area (Å²) in [4.78, 5) is 40.0. The Labute approximate surface area is 170 Å². The van der Waals surface area contributed by atoms with Gasteiger partial charge in [0.2, 0.25) is 5.78 Å². The number of hydrogen-bond donors (Lipinski definition) is 1. The number of halogens is 2. The molecule has 3 aromatic rings. The van der Waals surface area contributed by atoms with Gasteiger partial charge in [-0.05, 0) is 47.0 Å². The summed E-state index contributed by atoms with van der Waals surface area (Å²) in [7, 11) is 0. The zero-order valence-electron chi connectivity index (χ0n) is 13.2. The fraction of sp³-hybridized carbons (Fsp3) is 0.125. The van der Waals surface area contributed by atoms with E-state index in [4.69, 9.17) is 11.6 Å². The number of hydrogen-bond acceptors (Lipinski definition) is 7. The van der Waals surface area contributed by atoms with Crippen molar-refractivity contribution in [3.05, 3.63) is 54.9 Å². The van der Waals surface area contributed by atoms with Gasteiger partial charge in [-0.25, -0.2) is 15.0 Å². The third-order valence-electron chi connectivity index (χ3n) is 3.49. The molecule has 0 aliphatic carbocycles. The number of carbonyl (C=O) groups excluding carboxylic acids is 1. The number of nitrogens with one attached hydrogen (secondary N) is 1. The average Bonchev–Trinajstić information content (AvgIpc) is 2.63. The first kappa shape index (κ1) is 18.8. The predicted molar refractivity (Wildman–Crippen MR) is 107 cm³/mol. The number of aromatic nitrogens is 4. The van der Waals surface area contributed by atoms with Crippen molar-refractivity contribution in [2.45, 2.75) is 11.1 Å². The van der Waals surface area contributed by atoms with Crippen LogP contribution in [0.5, 0.6) is 0 Å². The molecule has 0 fully saturated rings. The topological polar surface area (TPSA) is 112 Å². The minimum Gasteiger partial charge on any atom is -0.308 e. The van der Waals surface area contributed by atoms with E-state index in [-0.39, 0.29) is 16.5 Å². The molecular formula is C16H9ClIN5O2S. The van der Waals surface area contributed by atoms with Gasteiger partial charge in [-0.1, -0.05) is 23.4 Å². The Kier molecular flexibility index (Phi) is 5.55. The van der Waals surface area contributed by atoms with E-state index in [0.29, 0.717) is 16.1 Å². The molecule has 0 aliphatic heterocycles. The second kappa shape index (κ2) is 7.69. The van der Waals surface area contributed by atoms with Crippen LogP contribution in [0.25, 0.3) is 10.9 Å². The number of ketones is 1. The zero-order chi connectivity index (χ0) is 18.8. The molecule has 2 aromatic heterocycles. The monoisotopic (exact) mass is 497 g/mol. The Bertz CT molecular complexity index is 1130. The molecule has 0 unspecified atom stereocenters. The number of nitriles is 1. The fourth-order valence-electron chi connectivity index (χ4n) is 2.27. The smallest absolute Gasteiger partial charge is 0.258 e. The van der Waals surface area contributed by atoms with Gasteiger partial charge in [0.25, 0.3) is 5.56 Å². The van der Waals surface area contributed by atoms with Crippen molar-refractivity contribution >= 4 is 62.6 Å². The first-order chi connectivity index (χ1) is 12.4. The fourth-order valence-corrected chi connectivity index (χ4v) is 3.28. The number of fused-ring (bicyclic) bond motifs is 1. The highest BCUT2D eigenvalue weighted by Crippen LogP contribution is 2.24. The predicted octanol–water partition coefficient (Wildman–Crippen LogP) is 3.18. The van der Waals surface area contributed by atoms with Gasteiger partial charge in [-0.15, -0.1) is 0 Å². The van der Waals surface area contributed by atoms with Crippen LogP contribution in [0.4, 0.5) is 0 Å². The quantitative estimate of drug-likeness (QED) is 0.255. The largest absolute Gasteiger partial charge is 0.308 e. The molecule has 1 N–H and O–H groups in total. The molecule has 0 bridgehead atoms. The highest BCUT2D eigenvalue weighted by atomic mass is 127. The first-order valence-corrected chi connectivity index (χ1v) is 9.82. The van der Waals surface area contributed by atoms with Crippen molar-refractivity contribution in [2.24, 2.45) is 0 Å². The van der Waals surface area contributed by atoms with Crippen LogP contribution in [0, 0.1) is 14.9 Å². The maximum absolute atomic E-state index is 12.8. The van der Waals surface area contributed by atoms with Crippen LogP contribution < -0.4 is 5.56 Å². The minimum absolute atomic E-state index is 0.0331. The molecule has 0 aliphatic rings. The Balaban J connectivity index is 2.11. The molecule has 0 saturated carbocycles. The number of aromatic amines is 1. The standard InChI is InChI=1S/C16H9ClIN5O2S/c1-26-16-20-6-10(17)12(22-16)13(24)9(5-19)14-21-11-3-2-7(18)4-8(11)15(25)23-14/h2-4,6,9H,1H3,(H,21,23,25)/t9-/m0/s1. The van der Waals surface area contributed by atoms with E-state index in [9.17, 15) is 14.9 Å². The van der Waals surface area contributed by atoms with Gasteiger partial charge in [0.1, 0.15) is 11.5 Å². The molecule has 130 valence electrons. The van der Waals surface area contributed by atoms with Gasteiger partial charge in [0.15, 0.2) is 11.1 Å². The van der Waals surface area contributed by atoms with Gasteiger partial charge in [0, 0.05) is 3.57 Å². The number of rotatable bonds is 4. The van der Waals surface area contributed by atoms with Crippen molar-refractivity contribution in [3.63, 3.8) is 0 Å². The van der Waals surface area contributed by atoms with Crippen LogP contribution in [0.15, 0.2) is 34.3 Å². The molecule has 2 heterocycles. The minimum atomic E-state index is -1.34. The maximum atomic E-state index is 12.8. The Morgan fingerprint density at radius 1 is 1.42 bits per heavy atom. The second-order valence-electron chi connectivity index (χ2n) is 5.09. The third-order valence-corrected chi connectivity index (χ3v) is 5.00. The highest BCUT2D eigenvalue weighted by molar-refractivity contribution is 14.1. The van der Waals surface area contributed by atoms with E-state index in [0.717, 1.165) is 3.57 Å². The number of H-pyrrole nitrogens is 1. The van der Waals surface area contributed by atoms with Gasteiger partial charge >= 0.3 is 0 Å². The number of nitrogens with zero attached hydrogens (tertiary/aromatic N) is 4. The van der Waals surface area contributed by atoms with Crippen LogP contribution in [-0.4, -0.2) is 32.0 Å². The summed E-state index contributed by atoms with van der Waals surface area (Å²) in [6.45, 7) is 0. The summed E-state index contributed by atoms with van der Waals surface area (Å²) in [5.41, 5.74) is -0.103. The summed E-state index contributed by atoms with van der Waals surface area (Å²) in [6.07, 6.45) is 3.06. The lowest BCUT2D eigenvalue weighted by molar-refractivity contribution is 0.0970. The van der Waals surface area contributed by atoms with E-state index >= 15 is 0 Å². The number of Topliss-reactive ketones (excluding diaryl/α,β-unsaturated/α-hetero) is 1. The van der Waals surface area contributed by atoms with Crippen LogP contribution in [-0.2, 0) is 0 Å². The zero-order valence-corrected chi connectivity index (χ0v) is 16.9. The van der Waals surface area contributed by atoms with Crippen LogP contribution in [0.2, 0.25) is 5.02 Å². The molecule has 0 amide bonds. The third kappa shape index (κ3) is 3.58. The lowest BCUT2D eigenvalue weighted by Crippen LogP contribution is -2.21. The molecule has 0 spiro atoms. The molecule has 10 heteroatoms. The lowest BCUT2D eigenvalue weighted by atomic mass is 10.0. The van der Waals surface area contributed by atoms with E-state index in [1.54, 1.807) is 24.5 Å². The number of benzene rings is 1. The van der Waals surface area contributed by atoms with Gasteiger partial charge < -0.3 is 4.98 Å². The van der Waals surface area contributed by atoms with Gasteiger partial charge in [0.05, 0.1) is 28.2 Å². The molecule has 1 atom stereocenters. The van der Waals surface area contributed by atoms with E-state index in [1.807, 2.05) is 6.07 Å². The summed E-state index contributed by atoms with van der Waals surface area (Å²) < 4.78 is 0.875. The molecule has 26 heavy (non-hydrogen) atoms. The summed E-state index contributed by atoms with van der Waals surface area (Å²) >= 11 is 9.35. The van der Waals surface area contributed by atoms with Crippen LogP contribution in [0.3, 0.4) is 0 Å². The van der Waals surface area contributed by atoms with Crippen molar-refractivity contribution in [3.8, 4) is 6.07 Å². The van der Waals surface area contributed by atoms with E-state index in [1.165, 1.54) is 18.0 Å². The molecular weight excluding hydrogens is 489 g/mol. The Morgan fingerprint density at radius 3 is 2.88 bits per heavy atom. The SMILES string of the molecule is CSc1ncc(Cl)c(C(=O)[C@H](C#N)c2nc3ccc(I)cc3c(=O)[nH]2)n1. The van der Waals surface area contributed by atoms with Crippen molar-refractivity contribution in [2.75, 3.05) is 6.26 Å². The summed E-state index contributed by atoms with van der Waals surface area (Å²) in [5, 5.41) is 10.3. The molecule has 7 nitrogen and oxygen atoms in total. The molecule has 0 saturated heterocycles. The Morgan fingerprint density at radius 2 is 2.19 bits per heavy atom.